The zero-order chi connectivity index (χ0) is 13.1. The number of hydrogen-bond acceptors (Lipinski definition) is 4. The topological polar surface area (TPSA) is 85.1 Å². The third-order valence-corrected chi connectivity index (χ3v) is 3.51. The van der Waals surface area contributed by atoms with Crippen LogP contribution in [-0.4, -0.2) is 19.2 Å². The van der Waals surface area contributed by atoms with Gasteiger partial charge in [0.25, 0.3) is 0 Å². The third kappa shape index (κ3) is 5.04. The largest absolute Gasteiger partial charge is 0.396 e. The average molecular weight is 257 g/mol. The normalized spacial score (nSPS) is 12.4. The van der Waals surface area contributed by atoms with Crippen molar-refractivity contribution in [3.05, 3.63) is 18.5 Å². The highest BCUT2D eigenvalue weighted by Crippen LogP contribution is 2.21. The Morgan fingerprint density at radius 2 is 2.06 bits per heavy atom. The van der Waals surface area contributed by atoms with Gasteiger partial charge >= 0.3 is 0 Å². The Balaban J connectivity index is 2.71. The summed E-state index contributed by atoms with van der Waals surface area (Å²) in [5, 5.41) is 0. The van der Waals surface area contributed by atoms with E-state index < -0.39 is 10.0 Å². The Kier molecular flexibility index (Phi) is 3.98. The molecule has 0 aliphatic heterocycles. The quantitative estimate of drug-likeness (QED) is 0.862. The molecule has 0 bridgehead atoms. The highest BCUT2D eigenvalue weighted by molar-refractivity contribution is 7.92. The first kappa shape index (κ1) is 13.8. The minimum Gasteiger partial charge on any atom is -0.396 e. The lowest BCUT2D eigenvalue weighted by Gasteiger charge is -2.18. The molecule has 0 spiro atoms. The van der Waals surface area contributed by atoms with Crippen LogP contribution in [0.1, 0.15) is 27.2 Å². The molecule has 17 heavy (non-hydrogen) atoms. The van der Waals surface area contributed by atoms with E-state index in [0.717, 1.165) is 0 Å². The second-order valence-electron chi connectivity index (χ2n) is 5.19. The number of anilines is 2. The fourth-order valence-corrected chi connectivity index (χ4v) is 2.66. The fraction of sp³-hybridized carbons (Fsp3) is 0.545. The SMILES string of the molecule is CC(C)(C)CCS(=O)(=O)Nc1ccncc1N. The van der Waals surface area contributed by atoms with Gasteiger partial charge in [-0.05, 0) is 17.9 Å². The molecule has 1 aromatic rings. The van der Waals surface area contributed by atoms with Gasteiger partial charge < -0.3 is 5.73 Å². The molecule has 1 rings (SSSR count). The summed E-state index contributed by atoms with van der Waals surface area (Å²) in [6.07, 6.45) is 3.51. The van der Waals surface area contributed by atoms with E-state index in [0.29, 0.717) is 17.8 Å². The number of nitrogen functional groups attached to an aromatic ring is 1. The average Bonchev–Trinajstić information content (AvgIpc) is 2.18. The van der Waals surface area contributed by atoms with Gasteiger partial charge in [-0.15, -0.1) is 0 Å². The van der Waals surface area contributed by atoms with Gasteiger partial charge in [-0.2, -0.15) is 0 Å². The minimum atomic E-state index is -3.35. The molecule has 0 fully saturated rings. The molecule has 5 nitrogen and oxygen atoms in total. The van der Waals surface area contributed by atoms with Crippen molar-refractivity contribution in [3.8, 4) is 0 Å². The van der Waals surface area contributed by atoms with E-state index in [1.165, 1.54) is 12.4 Å². The fourth-order valence-electron chi connectivity index (χ4n) is 1.16. The van der Waals surface area contributed by atoms with Crippen molar-refractivity contribution in [3.63, 3.8) is 0 Å². The van der Waals surface area contributed by atoms with Crippen molar-refractivity contribution < 1.29 is 8.42 Å². The maximum absolute atomic E-state index is 11.8. The van der Waals surface area contributed by atoms with Crippen molar-refractivity contribution in [2.75, 3.05) is 16.2 Å². The van der Waals surface area contributed by atoms with Gasteiger partial charge in [-0.25, -0.2) is 8.42 Å². The molecule has 0 saturated carbocycles. The van der Waals surface area contributed by atoms with Crippen LogP contribution < -0.4 is 10.5 Å². The van der Waals surface area contributed by atoms with E-state index in [9.17, 15) is 8.42 Å². The Bertz CT molecular complexity index is 478. The Morgan fingerprint density at radius 3 is 2.59 bits per heavy atom. The highest BCUT2D eigenvalue weighted by Gasteiger charge is 2.17. The summed E-state index contributed by atoms with van der Waals surface area (Å²) in [5.41, 5.74) is 6.31. The van der Waals surface area contributed by atoms with Crippen LogP contribution in [0.5, 0.6) is 0 Å². The molecule has 1 heterocycles. The van der Waals surface area contributed by atoms with E-state index >= 15 is 0 Å². The summed E-state index contributed by atoms with van der Waals surface area (Å²) in [5.74, 6) is 0.0816. The van der Waals surface area contributed by atoms with Gasteiger partial charge in [-0.3, -0.25) is 9.71 Å². The number of nitrogens with one attached hydrogen (secondary N) is 1. The van der Waals surface area contributed by atoms with Crippen molar-refractivity contribution in [2.24, 2.45) is 5.41 Å². The lowest BCUT2D eigenvalue weighted by molar-refractivity contribution is 0.397. The van der Waals surface area contributed by atoms with Crippen LogP contribution in [0.2, 0.25) is 0 Å². The molecule has 0 aromatic carbocycles. The molecular weight excluding hydrogens is 238 g/mol. The van der Waals surface area contributed by atoms with Gasteiger partial charge in [0.2, 0.25) is 10.0 Å². The van der Waals surface area contributed by atoms with Gasteiger partial charge in [0, 0.05) is 6.20 Å². The maximum atomic E-state index is 11.8. The maximum Gasteiger partial charge on any atom is 0.232 e. The molecule has 0 radical (unpaired) electrons. The van der Waals surface area contributed by atoms with Crippen molar-refractivity contribution in [2.45, 2.75) is 27.2 Å². The van der Waals surface area contributed by atoms with Crippen LogP contribution in [-0.2, 0) is 10.0 Å². The van der Waals surface area contributed by atoms with Crippen LogP contribution in [0.3, 0.4) is 0 Å². The molecule has 0 atom stereocenters. The Hall–Kier alpha value is -1.30. The van der Waals surface area contributed by atoms with Crippen LogP contribution in [0.25, 0.3) is 0 Å². The van der Waals surface area contributed by atoms with E-state index in [1.54, 1.807) is 6.07 Å². The second-order valence-corrected chi connectivity index (χ2v) is 7.04. The summed E-state index contributed by atoms with van der Waals surface area (Å²) >= 11 is 0. The third-order valence-electron chi connectivity index (χ3n) is 2.24. The van der Waals surface area contributed by atoms with E-state index in [2.05, 4.69) is 9.71 Å². The first-order valence-corrected chi connectivity index (χ1v) is 7.05. The minimum absolute atomic E-state index is 0.0153. The van der Waals surface area contributed by atoms with Crippen LogP contribution in [0.4, 0.5) is 11.4 Å². The van der Waals surface area contributed by atoms with Crippen molar-refractivity contribution >= 4 is 21.4 Å². The van der Waals surface area contributed by atoms with Gasteiger partial charge in [-0.1, -0.05) is 20.8 Å². The van der Waals surface area contributed by atoms with Crippen LogP contribution >= 0.6 is 0 Å². The molecule has 0 aliphatic carbocycles. The predicted molar refractivity (Wildman–Crippen MR) is 70.1 cm³/mol. The Morgan fingerprint density at radius 1 is 1.41 bits per heavy atom. The molecule has 0 saturated heterocycles. The smallest absolute Gasteiger partial charge is 0.232 e. The second kappa shape index (κ2) is 4.91. The highest BCUT2D eigenvalue weighted by atomic mass is 32.2. The van der Waals surface area contributed by atoms with E-state index in [4.69, 9.17) is 5.73 Å². The molecule has 0 amide bonds. The molecule has 96 valence electrons. The Labute approximate surface area is 102 Å². The molecule has 0 unspecified atom stereocenters. The van der Waals surface area contributed by atoms with Gasteiger partial charge in [0.05, 0.1) is 23.3 Å². The lowest BCUT2D eigenvalue weighted by Crippen LogP contribution is -2.21. The van der Waals surface area contributed by atoms with Crippen molar-refractivity contribution in [1.29, 1.82) is 0 Å². The molecular formula is C11H19N3O2S. The number of nitrogens with two attached hydrogens (primary N) is 1. The monoisotopic (exact) mass is 257 g/mol. The lowest BCUT2D eigenvalue weighted by atomic mass is 9.94. The molecule has 6 heteroatoms. The zero-order valence-corrected chi connectivity index (χ0v) is 11.2. The van der Waals surface area contributed by atoms with Crippen LogP contribution in [0, 0.1) is 5.41 Å². The predicted octanol–water partition coefficient (Wildman–Crippen LogP) is 1.84. The number of sulfonamides is 1. The first-order chi connectivity index (χ1) is 7.70. The first-order valence-electron chi connectivity index (χ1n) is 5.40. The summed E-state index contributed by atoms with van der Waals surface area (Å²) < 4.78 is 26.1. The summed E-state index contributed by atoms with van der Waals surface area (Å²) in [4.78, 5) is 3.80. The number of pyridine rings is 1. The van der Waals surface area contributed by atoms with Crippen LogP contribution in [0.15, 0.2) is 18.5 Å². The molecule has 0 aliphatic rings. The number of nitrogens with zero attached hydrogens (tertiary/aromatic N) is 1. The summed E-state index contributed by atoms with van der Waals surface area (Å²) in [6, 6.07) is 1.55. The number of rotatable bonds is 4. The van der Waals surface area contributed by atoms with E-state index in [1.807, 2.05) is 20.8 Å². The summed E-state index contributed by atoms with van der Waals surface area (Å²) in [7, 11) is -3.35. The summed E-state index contributed by atoms with van der Waals surface area (Å²) in [6.45, 7) is 6.01. The van der Waals surface area contributed by atoms with Gasteiger partial charge in [0.1, 0.15) is 0 Å². The number of hydrogen-bond donors (Lipinski definition) is 2. The van der Waals surface area contributed by atoms with E-state index in [-0.39, 0.29) is 11.2 Å². The zero-order valence-electron chi connectivity index (χ0n) is 10.4. The molecule has 1 aromatic heterocycles. The van der Waals surface area contributed by atoms with Gasteiger partial charge in [0.15, 0.2) is 0 Å². The van der Waals surface area contributed by atoms with Crippen molar-refractivity contribution in [1.82, 2.24) is 4.98 Å². The number of aromatic nitrogens is 1. The molecule has 3 N–H and O–H groups in total. The standard InChI is InChI=1S/C11H19N3O2S/c1-11(2,3)5-7-17(15,16)14-10-4-6-13-8-9(10)12/h4,6,8H,5,7,12H2,1-3H3,(H,13,14).